The van der Waals surface area contributed by atoms with Gasteiger partial charge in [-0.25, -0.2) is 0 Å². The van der Waals surface area contributed by atoms with Crippen molar-refractivity contribution in [3.63, 3.8) is 0 Å². The molecule has 6 fully saturated rings. The van der Waals surface area contributed by atoms with Crippen molar-refractivity contribution in [1.82, 2.24) is 10.2 Å². The van der Waals surface area contributed by atoms with Gasteiger partial charge in [0, 0.05) is 18.1 Å². The first-order valence-electron chi connectivity index (χ1n) is 10.8. The number of nitrogens with one attached hydrogen (secondary N) is 1. The van der Waals surface area contributed by atoms with Gasteiger partial charge in [0.05, 0.1) is 6.54 Å². The molecular formula is C22H36N2O. The average molecular weight is 345 g/mol. The van der Waals surface area contributed by atoms with Crippen LogP contribution in [0.3, 0.4) is 0 Å². The van der Waals surface area contributed by atoms with Crippen molar-refractivity contribution >= 4 is 5.91 Å². The first-order valence-corrected chi connectivity index (χ1v) is 10.8. The van der Waals surface area contributed by atoms with E-state index in [2.05, 4.69) is 31.0 Å². The lowest BCUT2D eigenvalue weighted by Crippen LogP contribution is -2.60. The van der Waals surface area contributed by atoms with Crippen molar-refractivity contribution in [1.29, 1.82) is 0 Å². The van der Waals surface area contributed by atoms with E-state index in [0.29, 0.717) is 34.9 Å². The monoisotopic (exact) mass is 344 g/mol. The Kier molecular flexibility index (Phi) is 3.48. The van der Waals surface area contributed by atoms with Gasteiger partial charge >= 0.3 is 0 Å². The van der Waals surface area contributed by atoms with Crippen molar-refractivity contribution in [3.8, 4) is 0 Å². The van der Waals surface area contributed by atoms with Crippen molar-refractivity contribution in [2.75, 3.05) is 13.1 Å². The third-order valence-electron chi connectivity index (χ3n) is 8.39. The minimum Gasteiger partial charge on any atom is -0.338 e. The van der Waals surface area contributed by atoms with Crippen LogP contribution in [0.25, 0.3) is 0 Å². The smallest absolute Gasteiger partial charge is 0.236 e. The van der Waals surface area contributed by atoms with Gasteiger partial charge in [0.1, 0.15) is 0 Å². The Morgan fingerprint density at radius 3 is 2.16 bits per heavy atom. The summed E-state index contributed by atoms with van der Waals surface area (Å²) in [7, 11) is 0. The van der Waals surface area contributed by atoms with Crippen LogP contribution in [0.5, 0.6) is 0 Å². The van der Waals surface area contributed by atoms with E-state index in [-0.39, 0.29) is 0 Å². The molecule has 0 spiro atoms. The molecule has 1 amide bonds. The van der Waals surface area contributed by atoms with Gasteiger partial charge in [-0.3, -0.25) is 4.79 Å². The Bertz CT molecular complexity index is 547. The molecule has 1 saturated heterocycles. The van der Waals surface area contributed by atoms with Gasteiger partial charge in [-0.1, -0.05) is 20.8 Å². The maximum Gasteiger partial charge on any atom is 0.236 e. The van der Waals surface area contributed by atoms with E-state index < -0.39 is 0 Å². The summed E-state index contributed by atoms with van der Waals surface area (Å²) in [6.07, 6.45) is 12.1. The third-order valence-corrected chi connectivity index (χ3v) is 8.39. The lowest BCUT2D eigenvalue weighted by Gasteiger charge is -2.57. The number of hydrogen-bond acceptors (Lipinski definition) is 2. The predicted octanol–water partition coefficient (Wildman–Crippen LogP) is 3.97. The zero-order valence-corrected chi connectivity index (χ0v) is 16.4. The molecule has 0 aromatic carbocycles. The molecule has 3 nitrogen and oxygen atoms in total. The lowest BCUT2D eigenvalue weighted by atomic mass is 9.53. The van der Waals surface area contributed by atoms with Gasteiger partial charge in [-0.05, 0) is 86.4 Å². The van der Waals surface area contributed by atoms with E-state index in [9.17, 15) is 4.79 Å². The van der Waals surface area contributed by atoms with Crippen LogP contribution >= 0.6 is 0 Å². The summed E-state index contributed by atoms with van der Waals surface area (Å²) in [5, 5.41) is 3.83. The van der Waals surface area contributed by atoms with Crippen LogP contribution in [-0.4, -0.2) is 35.5 Å². The molecule has 0 unspecified atom stereocenters. The molecule has 2 atom stereocenters. The Morgan fingerprint density at radius 2 is 1.56 bits per heavy atom. The minimum atomic E-state index is 0.308. The molecule has 6 rings (SSSR count). The number of fused-ring (bicyclic) bond motifs is 2. The van der Waals surface area contributed by atoms with Gasteiger partial charge in [0.2, 0.25) is 5.91 Å². The fraction of sp³-hybridized carbons (Fsp3) is 0.955. The molecular weight excluding hydrogens is 308 g/mol. The highest BCUT2D eigenvalue weighted by Gasteiger charge is 2.53. The van der Waals surface area contributed by atoms with E-state index in [4.69, 9.17) is 0 Å². The number of hydrogen-bond donors (Lipinski definition) is 1. The highest BCUT2D eigenvalue weighted by Crippen LogP contribution is 2.56. The summed E-state index contributed by atoms with van der Waals surface area (Å²) in [5.74, 6) is 3.21. The summed E-state index contributed by atoms with van der Waals surface area (Å²) < 4.78 is 0. The van der Waals surface area contributed by atoms with E-state index in [1.165, 1.54) is 57.8 Å². The van der Waals surface area contributed by atoms with Crippen molar-refractivity contribution in [3.05, 3.63) is 0 Å². The molecule has 140 valence electrons. The third kappa shape index (κ3) is 2.85. The molecule has 0 radical (unpaired) electrons. The molecule has 0 aromatic rings. The summed E-state index contributed by atoms with van der Waals surface area (Å²) in [5.41, 5.74) is 1.05. The fourth-order valence-electron chi connectivity index (χ4n) is 8.44. The molecule has 3 heteroatoms. The summed E-state index contributed by atoms with van der Waals surface area (Å²) in [6, 6.07) is 0.486. The van der Waals surface area contributed by atoms with E-state index in [1.54, 1.807) is 0 Å². The van der Waals surface area contributed by atoms with E-state index >= 15 is 0 Å². The molecule has 6 bridgehead atoms. The highest BCUT2D eigenvalue weighted by molar-refractivity contribution is 5.79. The number of likely N-dealkylation sites (tertiary alicyclic amines) is 1. The Balaban J connectivity index is 1.25. The van der Waals surface area contributed by atoms with Crippen LogP contribution in [0.4, 0.5) is 0 Å². The summed E-state index contributed by atoms with van der Waals surface area (Å²) in [6.45, 7) is 8.75. The second-order valence-corrected chi connectivity index (χ2v) is 11.8. The van der Waals surface area contributed by atoms with Gasteiger partial charge < -0.3 is 10.2 Å². The minimum absolute atomic E-state index is 0.308. The van der Waals surface area contributed by atoms with Crippen LogP contribution in [-0.2, 0) is 4.79 Å². The maximum absolute atomic E-state index is 13.1. The quantitative estimate of drug-likeness (QED) is 0.840. The first-order chi connectivity index (χ1) is 11.7. The van der Waals surface area contributed by atoms with E-state index in [0.717, 1.165) is 24.3 Å². The molecule has 0 aromatic heterocycles. The van der Waals surface area contributed by atoms with Gasteiger partial charge in [0.25, 0.3) is 0 Å². The highest BCUT2D eigenvalue weighted by atomic mass is 16.2. The molecule has 6 aliphatic rings. The Labute approximate surface area is 153 Å². The summed E-state index contributed by atoms with van der Waals surface area (Å²) in [4.78, 5) is 15.3. The lowest BCUT2D eigenvalue weighted by molar-refractivity contribution is -0.132. The average Bonchev–Trinajstić information content (AvgIpc) is 2.72. The van der Waals surface area contributed by atoms with Crippen LogP contribution in [0.2, 0.25) is 0 Å². The zero-order chi connectivity index (χ0) is 17.4. The number of nitrogens with zero attached hydrogens (tertiary/aromatic N) is 1. The predicted molar refractivity (Wildman–Crippen MR) is 100 cm³/mol. The van der Waals surface area contributed by atoms with Crippen LogP contribution < -0.4 is 5.32 Å². The number of carbonyl (C=O) groups is 1. The van der Waals surface area contributed by atoms with Gasteiger partial charge in [0.15, 0.2) is 0 Å². The van der Waals surface area contributed by atoms with Crippen LogP contribution in [0.1, 0.15) is 78.6 Å². The van der Waals surface area contributed by atoms with Crippen LogP contribution in [0, 0.1) is 28.6 Å². The molecule has 1 N–H and O–H groups in total. The molecule has 5 saturated carbocycles. The van der Waals surface area contributed by atoms with Crippen molar-refractivity contribution in [2.24, 2.45) is 28.6 Å². The number of rotatable bonds is 3. The number of amides is 1. The van der Waals surface area contributed by atoms with Gasteiger partial charge in [-0.2, -0.15) is 0 Å². The fourth-order valence-corrected chi connectivity index (χ4v) is 8.44. The molecule has 25 heavy (non-hydrogen) atoms. The summed E-state index contributed by atoms with van der Waals surface area (Å²) >= 11 is 0. The second-order valence-electron chi connectivity index (χ2n) is 11.8. The first kappa shape index (κ1) is 16.6. The molecule has 1 heterocycles. The zero-order valence-electron chi connectivity index (χ0n) is 16.4. The SMILES string of the molecule is CC1(C)C[C@@H]2C[C@@](C)(CN2C(=O)CNC23CC4CC(CC(C4)C2)C3)C1. The van der Waals surface area contributed by atoms with Crippen molar-refractivity contribution < 1.29 is 4.79 Å². The topological polar surface area (TPSA) is 32.3 Å². The Hall–Kier alpha value is -0.570. The van der Waals surface area contributed by atoms with Crippen LogP contribution in [0.15, 0.2) is 0 Å². The normalized spacial score (nSPS) is 49.6. The largest absolute Gasteiger partial charge is 0.338 e. The van der Waals surface area contributed by atoms with Crippen molar-refractivity contribution in [2.45, 2.75) is 90.1 Å². The second kappa shape index (κ2) is 5.24. The van der Waals surface area contributed by atoms with E-state index in [1.807, 2.05) is 0 Å². The molecule has 1 aliphatic heterocycles. The number of carbonyl (C=O) groups excluding carboxylic acids is 1. The standard InChI is InChI=1S/C22H36N2O/c1-20(2)10-18-11-21(3,13-20)14-24(18)19(25)12-23-22-7-15-4-16(8-22)6-17(5-15)9-22/h15-18,23H,4-14H2,1-3H3/t15?,16?,17?,18-,21-,22?/m1/s1. The Morgan fingerprint density at radius 1 is 0.960 bits per heavy atom. The maximum atomic E-state index is 13.1. The van der Waals surface area contributed by atoms with Gasteiger partial charge in [-0.15, -0.1) is 0 Å². The molecule has 5 aliphatic carbocycles.